The van der Waals surface area contributed by atoms with E-state index < -0.39 is 36.6 Å². The van der Waals surface area contributed by atoms with E-state index in [1.54, 1.807) is 0 Å². The molecule has 25 heavy (non-hydrogen) atoms. The maximum absolute atomic E-state index is 12.6. The molecule has 0 fully saturated rings. The standard InChI is InChI=1S/C14H7F3N2O5S/c15-14(16,17)25(22,23)11-4-5-13(12(7-11)19(20)21)24-10-3-1-2-9(6-10)8-18/h1-7H. The molecule has 0 radical (unpaired) electrons. The predicted octanol–water partition coefficient (Wildman–Crippen LogP) is 3.55. The van der Waals surface area contributed by atoms with Gasteiger partial charge in [0.15, 0.2) is 0 Å². The van der Waals surface area contributed by atoms with Crippen molar-refractivity contribution in [1.29, 1.82) is 5.26 Å². The first kappa shape index (κ1) is 18.2. The number of hydrogen-bond acceptors (Lipinski definition) is 6. The van der Waals surface area contributed by atoms with Crippen LogP contribution in [-0.2, 0) is 9.84 Å². The molecular weight excluding hydrogens is 365 g/mol. The zero-order valence-corrected chi connectivity index (χ0v) is 12.8. The molecule has 0 saturated heterocycles. The Morgan fingerprint density at radius 2 is 1.84 bits per heavy atom. The monoisotopic (exact) mass is 372 g/mol. The molecule has 2 aromatic carbocycles. The van der Waals surface area contributed by atoms with Crippen molar-refractivity contribution in [3.63, 3.8) is 0 Å². The zero-order valence-electron chi connectivity index (χ0n) is 12.0. The van der Waals surface area contributed by atoms with E-state index in [-0.39, 0.29) is 17.4 Å². The highest BCUT2D eigenvalue weighted by Gasteiger charge is 2.47. The third-order valence-electron chi connectivity index (χ3n) is 2.93. The average molecular weight is 372 g/mol. The maximum Gasteiger partial charge on any atom is 0.501 e. The number of hydrogen-bond donors (Lipinski definition) is 0. The van der Waals surface area contributed by atoms with E-state index in [1.807, 2.05) is 6.07 Å². The van der Waals surface area contributed by atoms with Crippen LogP contribution in [0.4, 0.5) is 18.9 Å². The number of sulfone groups is 1. The summed E-state index contributed by atoms with van der Waals surface area (Å²) in [5, 5.41) is 19.8. The van der Waals surface area contributed by atoms with Gasteiger partial charge in [0.2, 0.25) is 5.75 Å². The third-order valence-corrected chi connectivity index (χ3v) is 4.42. The van der Waals surface area contributed by atoms with E-state index in [9.17, 15) is 31.7 Å². The van der Waals surface area contributed by atoms with Gasteiger partial charge in [0.1, 0.15) is 5.75 Å². The van der Waals surface area contributed by atoms with Gasteiger partial charge in [-0.25, -0.2) is 8.42 Å². The number of nitrogens with zero attached hydrogens (tertiary/aromatic N) is 2. The Morgan fingerprint density at radius 1 is 1.16 bits per heavy atom. The number of benzene rings is 2. The molecule has 0 N–H and O–H groups in total. The first-order valence-corrected chi connectivity index (χ1v) is 7.82. The number of ether oxygens (including phenoxy) is 1. The molecule has 2 aromatic rings. The highest BCUT2D eigenvalue weighted by Crippen LogP contribution is 2.37. The van der Waals surface area contributed by atoms with Gasteiger partial charge in [-0.15, -0.1) is 0 Å². The molecule has 0 aliphatic rings. The van der Waals surface area contributed by atoms with Crippen LogP contribution in [0.5, 0.6) is 11.5 Å². The molecule has 0 spiro atoms. The lowest BCUT2D eigenvalue weighted by Crippen LogP contribution is -2.23. The minimum Gasteiger partial charge on any atom is -0.450 e. The summed E-state index contributed by atoms with van der Waals surface area (Å²) in [6.45, 7) is 0. The van der Waals surface area contributed by atoms with Gasteiger partial charge < -0.3 is 4.74 Å². The fourth-order valence-corrected chi connectivity index (χ4v) is 2.56. The maximum atomic E-state index is 12.6. The van der Waals surface area contributed by atoms with Gasteiger partial charge >= 0.3 is 11.2 Å². The normalized spacial score (nSPS) is 11.6. The van der Waals surface area contributed by atoms with Crippen molar-refractivity contribution in [2.75, 3.05) is 0 Å². The lowest BCUT2D eigenvalue weighted by molar-refractivity contribution is -0.385. The van der Waals surface area contributed by atoms with Gasteiger partial charge in [-0.3, -0.25) is 10.1 Å². The lowest BCUT2D eigenvalue weighted by atomic mass is 10.2. The van der Waals surface area contributed by atoms with Gasteiger partial charge in [0.05, 0.1) is 21.5 Å². The molecule has 2 rings (SSSR count). The summed E-state index contributed by atoms with van der Waals surface area (Å²) in [5.74, 6) is -0.449. The highest BCUT2D eigenvalue weighted by molar-refractivity contribution is 7.92. The Morgan fingerprint density at radius 3 is 2.40 bits per heavy atom. The number of nitriles is 1. The minimum absolute atomic E-state index is 0.0218. The van der Waals surface area contributed by atoms with E-state index in [0.717, 1.165) is 6.07 Å². The highest BCUT2D eigenvalue weighted by atomic mass is 32.2. The number of nitro benzene ring substituents is 1. The SMILES string of the molecule is N#Cc1cccc(Oc2ccc(S(=O)(=O)C(F)(F)F)cc2[N+](=O)[O-])c1. The van der Waals surface area contributed by atoms with Crippen LogP contribution in [0.1, 0.15) is 5.56 Å². The first-order valence-electron chi connectivity index (χ1n) is 6.34. The zero-order chi connectivity index (χ0) is 18.8. The Hall–Kier alpha value is -3.13. The second kappa shape index (κ2) is 6.40. The van der Waals surface area contributed by atoms with Crippen LogP contribution >= 0.6 is 0 Å². The molecule has 11 heteroatoms. The van der Waals surface area contributed by atoms with Crippen LogP contribution in [0.3, 0.4) is 0 Å². The Labute approximate surface area is 138 Å². The summed E-state index contributed by atoms with van der Waals surface area (Å²) in [6, 6.07) is 8.89. The van der Waals surface area contributed by atoms with Crippen molar-refractivity contribution in [1.82, 2.24) is 0 Å². The summed E-state index contributed by atoms with van der Waals surface area (Å²) >= 11 is 0. The molecule has 0 unspecified atom stereocenters. The third kappa shape index (κ3) is 3.69. The average Bonchev–Trinajstić information content (AvgIpc) is 2.54. The smallest absolute Gasteiger partial charge is 0.450 e. The van der Waals surface area contributed by atoms with Crippen LogP contribution < -0.4 is 4.74 Å². The lowest BCUT2D eigenvalue weighted by Gasteiger charge is -2.10. The van der Waals surface area contributed by atoms with E-state index in [4.69, 9.17) is 10.00 Å². The quantitative estimate of drug-likeness (QED) is 0.599. The molecular formula is C14H7F3N2O5S. The van der Waals surface area contributed by atoms with E-state index in [2.05, 4.69) is 0 Å². The molecule has 0 aromatic heterocycles. The summed E-state index contributed by atoms with van der Waals surface area (Å²) in [7, 11) is -5.74. The Balaban J connectivity index is 2.51. The fourth-order valence-electron chi connectivity index (χ4n) is 1.78. The van der Waals surface area contributed by atoms with Crippen LogP contribution in [0.25, 0.3) is 0 Å². The van der Waals surface area contributed by atoms with E-state index in [0.29, 0.717) is 6.07 Å². The first-order chi connectivity index (χ1) is 11.6. The molecule has 0 heterocycles. The van der Waals surface area contributed by atoms with E-state index >= 15 is 0 Å². The van der Waals surface area contributed by atoms with Gasteiger partial charge in [-0.05, 0) is 30.3 Å². The minimum atomic E-state index is -5.74. The molecule has 7 nitrogen and oxygen atoms in total. The fraction of sp³-hybridized carbons (Fsp3) is 0.0714. The van der Waals surface area contributed by atoms with Crippen LogP contribution in [0.15, 0.2) is 47.4 Å². The van der Waals surface area contributed by atoms with Gasteiger partial charge in [0, 0.05) is 6.07 Å². The van der Waals surface area contributed by atoms with Gasteiger partial charge in [0.25, 0.3) is 9.84 Å². The van der Waals surface area contributed by atoms with Gasteiger partial charge in [-0.2, -0.15) is 18.4 Å². The number of halogens is 3. The molecule has 0 atom stereocenters. The van der Waals surface area contributed by atoms with Crippen LogP contribution in [0, 0.1) is 21.4 Å². The predicted molar refractivity (Wildman–Crippen MR) is 77.6 cm³/mol. The van der Waals surface area contributed by atoms with Gasteiger partial charge in [-0.1, -0.05) is 6.07 Å². The molecule has 0 saturated carbocycles. The Kier molecular flexibility index (Phi) is 4.67. The second-order valence-corrected chi connectivity index (χ2v) is 6.52. The molecule has 0 bridgehead atoms. The number of nitro groups is 1. The van der Waals surface area contributed by atoms with Crippen molar-refractivity contribution < 1.29 is 31.2 Å². The van der Waals surface area contributed by atoms with Crippen molar-refractivity contribution in [2.24, 2.45) is 0 Å². The molecule has 0 aliphatic carbocycles. The van der Waals surface area contributed by atoms with Crippen LogP contribution in [-0.4, -0.2) is 18.8 Å². The second-order valence-electron chi connectivity index (χ2n) is 4.58. The van der Waals surface area contributed by atoms with E-state index in [1.165, 1.54) is 24.3 Å². The topological polar surface area (TPSA) is 110 Å². The molecule has 0 amide bonds. The van der Waals surface area contributed by atoms with Crippen molar-refractivity contribution >= 4 is 15.5 Å². The van der Waals surface area contributed by atoms with Crippen molar-refractivity contribution in [2.45, 2.75) is 10.4 Å². The van der Waals surface area contributed by atoms with Crippen molar-refractivity contribution in [3.05, 3.63) is 58.1 Å². The summed E-state index contributed by atoms with van der Waals surface area (Å²) in [6.07, 6.45) is 0. The van der Waals surface area contributed by atoms with Crippen molar-refractivity contribution in [3.8, 4) is 17.6 Å². The van der Waals surface area contributed by atoms with Crippen LogP contribution in [0.2, 0.25) is 0 Å². The number of rotatable bonds is 4. The molecule has 0 aliphatic heterocycles. The summed E-state index contributed by atoms with van der Waals surface area (Å²) in [5.41, 5.74) is -6.37. The molecule has 130 valence electrons. The number of alkyl halides is 3. The summed E-state index contributed by atoms with van der Waals surface area (Å²) < 4.78 is 65.6. The largest absolute Gasteiger partial charge is 0.501 e. The Bertz CT molecular complexity index is 981. The summed E-state index contributed by atoms with van der Waals surface area (Å²) in [4.78, 5) is 8.72.